The van der Waals surface area contributed by atoms with Gasteiger partial charge in [-0.05, 0) is 37.5 Å². The van der Waals surface area contributed by atoms with Gasteiger partial charge < -0.3 is 19.9 Å². The first-order valence-electron chi connectivity index (χ1n) is 7.00. The number of likely N-dealkylation sites (N-methyl/N-ethyl adjacent to an activating group) is 1. The molecule has 0 aromatic heterocycles. The number of hydrogen-bond donors (Lipinski definition) is 2. The summed E-state index contributed by atoms with van der Waals surface area (Å²) in [6.07, 6.45) is 1.71. The maximum Gasteiger partial charge on any atom is 0.167 e. The molecular weight excluding hydrogens is 274 g/mol. The third-order valence-corrected chi connectivity index (χ3v) is 4.49. The zero-order valence-corrected chi connectivity index (χ0v) is 12.9. The van der Waals surface area contributed by atoms with Crippen molar-refractivity contribution in [2.24, 2.45) is 0 Å². The Bertz CT molecular complexity index is 422. The molecule has 1 fully saturated rings. The highest BCUT2D eigenvalue weighted by molar-refractivity contribution is 7.99. The van der Waals surface area contributed by atoms with Crippen LogP contribution in [0.2, 0.25) is 0 Å². The fraction of sp³-hybridized carbons (Fsp3) is 0.600. The maximum absolute atomic E-state index is 10.2. The number of rotatable bonds is 6. The molecule has 20 heavy (non-hydrogen) atoms. The lowest BCUT2D eigenvalue weighted by Crippen LogP contribution is -2.24. The van der Waals surface area contributed by atoms with E-state index in [1.54, 1.807) is 7.11 Å². The summed E-state index contributed by atoms with van der Waals surface area (Å²) in [6, 6.07) is 5.66. The normalized spacial score (nSPS) is 17.8. The topological polar surface area (TPSA) is 50.7 Å². The SMILES string of the molecule is CNCC(O)c1cccc(OC)c1OC1CCSCC1. The van der Waals surface area contributed by atoms with Gasteiger partial charge in [0.25, 0.3) is 0 Å². The van der Waals surface area contributed by atoms with E-state index in [1.165, 1.54) is 0 Å². The molecule has 1 aliphatic heterocycles. The van der Waals surface area contributed by atoms with Crippen molar-refractivity contribution in [3.05, 3.63) is 23.8 Å². The first-order chi connectivity index (χ1) is 9.76. The molecule has 2 rings (SSSR count). The van der Waals surface area contributed by atoms with Gasteiger partial charge in [0, 0.05) is 12.1 Å². The van der Waals surface area contributed by atoms with Crippen LogP contribution in [0.15, 0.2) is 18.2 Å². The van der Waals surface area contributed by atoms with E-state index in [1.807, 2.05) is 37.0 Å². The number of thioether (sulfide) groups is 1. The Morgan fingerprint density at radius 1 is 1.40 bits per heavy atom. The molecule has 5 heteroatoms. The molecule has 1 aliphatic rings. The van der Waals surface area contributed by atoms with Crippen molar-refractivity contribution in [1.82, 2.24) is 5.32 Å². The molecule has 0 amide bonds. The van der Waals surface area contributed by atoms with Crippen LogP contribution in [-0.4, -0.2) is 43.4 Å². The highest BCUT2D eigenvalue weighted by Crippen LogP contribution is 2.37. The standard InChI is InChI=1S/C15H23NO3S/c1-16-10-13(17)12-4-3-5-14(18-2)15(12)19-11-6-8-20-9-7-11/h3-5,11,13,16-17H,6-10H2,1-2H3. The molecule has 1 aromatic rings. The number of hydrogen-bond acceptors (Lipinski definition) is 5. The van der Waals surface area contributed by atoms with Gasteiger partial charge in [0.05, 0.1) is 13.2 Å². The largest absolute Gasteiger partial charge is 0.493 e. The third kappa shape index (κ3) is 3.81. The second-order valence-corrected chi connectivity index (χ2v) is 6.11. The second-order valence-electron chi connectivity index (χ2n) is 4.88. The minimum absolute atomic E-state index is 0.216. The molecule has 1 unspecified atom stereocenters. The Kier molecular flexibility index (Phi) is 6.01. The van der Waals surface area contributed by atoms with Crippen LogP contribution < -0.4 is 14.8 Å². The van der Waals surface area contributed by atoms with Crippen LogP contribution in [0, 0.1) is 0 Å². The van der Waals surface area contributed by atoms with Gasteiger partial charge in [-0.1, -0.05) is 12.1 Å². The summed E-state index contributed by atoms with van der Waals surface area (Å²) in [6.45, 7) is 0.490. The molecule has 112 valence electrons. The summed E-state index contributed by atoms with van der Waals surface area (Å²) in [4.78, 5) is 0. The van der Waals surface area contributed by atoms with Crippen LogP contribution in [0.25, 0.3) is 0 Å². The minimum Gasteiger partial charge on any atom is -0.493 e. The fourth-order valence-electron chi connectivity index (χ4n) is 2.35. The minimum atomic E-state index is -0.594. The number of aliphatic hydroxyl groups is 1. The Labute approximate surface area is 124 Å². The number of methoxy groups -OCH3 is 1. The lowest BCUT2D eigenvalue weighted by atomic mass is 10.1. The average Bonchev–Trinajstić information content (AvgIpc) is 2.48. The number of ether oxygens (including phenoxy) is 2. The van der Waals surface area contributed by atoms with E-state index in [0.29, 0.717) is 18.0 Å². The van der Waals surface area contributed by atoms with Gasteiger partial charge in [0.2, 0.25) is 0 Å². The first-order valence-corrected chi connectivity index (χ1v) is 8.15. The fourth-order valence-corrected chi connectivity index (χ4v) is 3.41. The van der Waals surface area contributed by atoms with Gasteiger partial charge in [-0.3, -0.25) is 0 Å². The van der Waals surface area contributed by atoms with Gasteiger partial charge >= 0.3 is 0 Å². The molecule has 0 aliphatic carbocycles. The highest BCUT2D eigenvalue weighted by atomic mass is 32.2. The predicted molar refractivity (Wildman–Crippen MR) is 82.9 cm³/mol. The molecule has 0 bridgehead atoms. The average molecular weight is 297 g/mol. The third-order valence-electron chi connectivity index (χ3n) is 3.44. The van der Waals surface area contributed by atoms with Crippen LogP contribution in [0.4, 0.5) is 0 Å². The molecule has 0 radical (unpaired) electrons. The van der Waals surface area contributed by atoms with E-state index in [9.17, 15) is 5.11 Å². The Morgan fingerprint density at radius 3 is 2.80 bits per heavy atom. The van der Waals surface area contributed by atoms with E-state index in [-0.39, 0.29) is 6.10 Å². The van der Waals surface area contributed by atoms with Crippen molar-refractivity contribution in [2.75, 3.05) is 32.2 Å². The Hall–Kier alpha value is -0.910. The zero-order chi connectivity index (χ0) is 14.4. The molecule has 1 aromatic carbocycles. The highest BCUT2D eigenvalue weighted by Gasteiger charge is 2.22. The van der Waals surface area contributed by atoms with Gasteiger partial charge in [0.15, 0.2) is 11.5 Å². The van der Waals surface area contributed by atoms with Crippen LogP contribution in [-0.2, 0) is 0 Å². The summed E-state index contributed by atoms with van der Waals surface area (Å²) >= 11 is 1.97. The second kappa shape index (κ2) is 7.76. The van der Waals surface area contributed by atoms with Crippen molar-refractivity contribution < 1.29 is 14.6 Å². The molecule has 1 heterocycles. The molecule has 0 saturated carbocycles. The van der Waals surface area contributed by atoms with E-state index in [2.05, 4.69) is 5.32 Å². The van der Waals surface area contributed by atoms with Gasteiger partial charge in [-0.2, -0.15) is 11.8 Å². The number of nitrogens with one attached hydrogen (secondary N) is 1. The molecule has 4 nitrogen and oxygen atoms in total. The first kappa shape index (κ1) is 15.5. The van der Waals surface area contributed by atoms with Crippen molar-refractivity contribution in [3.8, 4) is 11.5 Å². The van der Waals surface area contributed by atoms with E-state index < -0.39 is 6.10 Å². The number of benzene rings is 1. The van der Waals surface area contributed by atoms with Gasteiger partial charge in [-0.25, -0.2) is 0 Å². The Balaban J connectivity index is 2.22. The summed E-state index contributed by atoms with van der Waals surface area (Å²) in [7, 11) is 3.45. The van der Waals surface area contributed by atoms with Crippen molar-refractivity contribution in [2.45, 2.75) is 25.0 Å². The summed E-state index contributed by atoms with van der Waals surface area (Å²) < 4.78 is 11.5. The number of aliphatic hydroxyl groups excluding tert-OH is 1. The smallest absolute Gasteiger partial charge is 0.167 e. The summed E-state index contributed by atoms with van der Waals surface area (Å²) in [5.74, 6) is 3.65. The quantitative estimate of drug-likeness (QED) is 0.843. The van der Waals surface area contributed by atoms with Crippen molar-refractivity contribution in [1.29, 1.82) is 0 Å². The molecule has 1 saturated heterocycles. The Morgan fingerprint density at radius 2 is 2.15 bits per heavy atom. The van der Waals surface area contributed by atoms with Crippen LogP contribution >= 0.6 is 11.8 Å². The van der Waals surface area contributed by atoms with E-state index in [4.69, 9.17) is 9.47 Å². The number of para-hydroxylation sites is 1. The van der Waals surface area contributed by atoms with Crippen LogP contribution in [0.1, 0.15) is 24.5 Å². The van der Waals surface area contributed by atoms with Crippen molar-refractivity contribution >= 4 is 11.8 Å². The molecular formula is C15H23NO3S. The molecule has 2 N–H and O–H groups in total. The van der Waals surface area contributed by atoms with E-state index >= 15 is 0 Å². The summed E-state index contributed by atoms with van der Waals surface area (Å²) in [5.41, 5.74) is 0.789. The predicted octanol–water partition coefficient (Wildman–Crippen LogP) is 2.22. The van der Waals surface area contributed by atoms with E-state index in [0.717, 1.165) is 29.9 Å². The molecule has 0 spiro atoms. The lowest BCUT2D eigenvalue weighted by Gasteiger charge is -2.26. The zero-order valence-electron chi connectivity index (χ0n) is 12.1. The van der Waals surface area contributed by atoms with Crippen LogP contribution in [0.3, 0.4) is 0 Å². The van der Waals surface area contributed by atoms with Crippen LogP contribution in [0.5, 0.6) is 11.5 Å². The van der Waals surface area contributed by atoms with Gasteiger partial charge in [-0.15, -0.1) is 0 Å². The lowest BCUT2D eigenvalue weighted by molar-refractivity contribution is 0.151. The summed E-state index contributed by atoms with van der Waals surface area (Å²) in [5, 5.41) is 13.2. The maximum atomic E-state index is 10.2. The monoisotopic (exact) mass is 297 g/mol. The van der Waals surface area contributed by atoms with Gasteiger partial charge in [0.1, 0.15) is 6.10 Å². The van der Waals surface area contributed by atoms with Crippen molar-refractivity contribution in [3.63, 3.8) is 0 Å². The molecule has 1 atom stereocenters.